The summed E-state index contributed by atoms with van der Waals surface area (Å²) in [7, 11) is 0. The Morgan fingerprint density at radius 1 is 1.17 bits per heavy atom. The SMILES string of the molecule is CCCCC[C@@H](CCC)C(N)=O. The van der Waals surface area contributed by atoms with Crippen molar-refractivity contribution in [1.29, 1.82) is 0 Å². The van der Waals surface area contributed by atoms with Crippen LogP contribution in [0.25, 0.3) is 0 Å². The Balaban J connectivity index is 3.56. The average molecular weight is 171 g/mol. The van der Waals surface area contributed by atoms with Gasteiger partial charge < -0.3 is 5.73 Å². The lowest BCUT2D eigenvalue weighted by atomic mass is 9.96. The fraction of sp³-hybridized carbons (Fsp3) is 0.900. The standard InChI is InChI=1S/C10H21NO/c1-3-5-6-8-9(7-4-2)10(11)12/h9H,3-8H2,1-2H3,(H2,11,12)/t9-/m1/s1. The number of nitrogens with two attached hydrogens (primary N) is 1. The second-order valence-corrected chi connectivity index (χ2v) is 3.38. The second kappa shape index (κ2) is 7.14. The van der Waals surface area contributed by atoms with Crippen molar-refractivity contribution in [3.8, 4) is 0 Å². The van der Waals surface area contributed by atoms with Gasteiger partial charge in [0.05, 0.1) is 0 Å². The third-order valence-corrected chi connectivity index (χ3v) is 2.20. The van der Waals surface area contributed by atoms with Crippen molar-refractivity contribution in [2.24, 2.45) is 11.7 Å². The lowest BCUT2D eigenvalue weighted by Crippen LogP contribution is -2.22. The minimum absolute atomic E-state index is 0.118. The first-order chi connectivity index (χ1) is 5.72. The van der Waals surface area contributed by atoms with E-state index in [1.165, 1.54) is 12.8 Å². The largest absolute Gasteiger partial charge is 0.369 e. The van der Waals surface area contributed by atoms with Crippen LogP contribution >= 0.6 is 0 Å². The predicted octanol–water partition coefficient (Wildman–Crippen LogP) is 2.47. The molecule has 0 spiro atoms. The van der Waals surface area contributed by atoms with Crippen LogP contribution in [-0.4, -0.2) is 5.91 Å². The van der Waals surface area contributed by atoms with E-state index >= 15 is 0 Å². The summed E-state index contributed by atoms with van der Waals surface area (Å²) in [6.45, 7) is 4.26. The first-order valence-corrected chi connectivity index (χ1v) is 5.01. The van der Waals surface area contributed by atoms with Crippen molar-refractivity contribution in [2.75, 3.05) is 0 Å². The molecule has 0 aromatic carbocycles. The van der Waals surface area contributed by atoms with E-state index in [1.54, 1.807) is 0 Å². The van der Waals surface area contributed by atoms with Crippen LogP contribution in [0.1, 0.15) is 52.4 Å². The lowest BCUT2D eigenvalue weighted by molar-refractivity contribution is -0.122. The summed E-state index contributed by atoms with van der Waals surface area (Å²) in [6.07, 6.45) is 6.56. The van der Waals surface area contributed by atoms with Crippen LogP contribution in [0.2, 0.25) is 0 Å². The molecule has 2 N–H and O–H groups in total. The molecule has 0 aromatic heterocycles. The Morgan fingerprint density at radius 3 is 2.25 bits per heavy atom. The number of hydrogen-bond acceptors (Lipinski definition) is 1. The van der Waals surface area contributed by atoms with Crippen molar-refractivity contribution >= 4 is 5.91 Å². The van der Waals surface area contributed by atoms with Crippen LogP contribution in [0.4, 0.5) is 0 Å². The number of rotatable bonds is 7. The smallest absolute Gasteiger partial charge is 0.220 e. The molecule has 0 saturated carbocycles. The van der Waals surface area contributed by atoms with Crippen molar-refractivity contribution in [2.45, 2.75) is 52.4 Å². The van der Waals surface area contributed by atoms with Crippen molar-refractivity contribution in [3.63, 3.8) is 0 Å². The quantitative estimate of drug-likeness (QED) is 0.587. The van der Waals surface area contributed by atoms with Crippen molar-refractivity contribution in [3.05, 3.63) is 0 Å². The summed E-state index contributed by atoms with van der Waals surface area (Å²) in [5, 5.41) is 0. The van der Waals surface area contributed by atoms with E-state index in [0.717, 1.165) is 25.7 Å². The van der Waals surface area contributed by atoms with Crippen LogP contribution in [0.15, 0.2) is 0 Å². The third kappa shape index (κ3) is 5.16. The Morgan fingerprint density at radius 2 is 1.83 bits per heavy atom. The fourth-order valence-corrected chi connectivity index (χ4v) is 1.42. The normalized spacial score (nSPS) is 12.8. The Hall–Kier alpha value is -0.530. The maximum absolute atomic E-state index is 10.9. The average Bonchev–Trinajstić information content (AvgIpc) is 2.03. The zero-order valence-electron chi connectivity index (χ0n) is 8.31. The highest BCUT2D eigenvalue weighted by Crippen LogP contribution is 2.14. The molecule has 1 amide bonds. The molecule has 0 aliphatic rings. The van der Waals surface area contributed by atoms with E-state index in [-0.39, 0.29) is 11.8 Å². The van der Waals surface area contributed by atoms with Crippen LogP contribution < -0.4 is 5.73 Å². The molecule has 0 rings (SSSR count). The van der Waals surface area contributed by atoms with Gasteiger partial charge in [-0.25, -0.2) is 0 Å². The van der Waals surface area contributed by atoms with Gasteiger partial charge in [-0.15, -0.1) is 0 Å². The van der Waals surface area contributed by atoms with Crippen LogP contribution in [-0.2, 0) is 4.79 Å². The van der Waals surface area contributed by atoms with Crippen LogP contribution in [0.3, 0.4) is 0 Å². The first kappa shape index (κ1) is 11.5. The monoisotopic (exact) mass is 171 g/mol. The summed E-state index contributed by atoms with van der Waals surface area (Å²) < 4.78 is 0. The maximum Gasteiger partial charge on any atom is 0.220 e. The number of carbonyl (C=O) groups excluding carboxylic acids is 1. The van der Waals surface area contributed by atoms with E-state index in [1.807, 2.05) is 0 Å². The maximum atomic E-state index is 10.9. The van der Waals surface area contributed by atoms with Crippen molar-refractivity contribution in [1.82, 2.24) is 0 Å². The molecule has 0 aliphatic heterocycles. The fourth-order valence-electron chi connectivity index (χ4n) is 1.42. The predicted molar refractivity (Wildman–Crippen MR) is 51.7 cm³/mol. The van der Waals surface area contributed by atoms with E-state index in [4.69, 9.17) is 5.73 Å². The molecule has 0 radical (unpaired) electrons. The highest BCUT2D eigenvalue weighted by Gasteiger charge is 2.12. The summed E-state index contributed by atoms with van der Waals surface area (Å²) in [5.74, 6) is 0.00880. The topological polar surface area (TPSA) is 43.1 Å². The highest BCUT2D eigenvalue weighted by atomic mass is 16.1. The summed E-state index contributed by atoms with van der Waals surface area (Å²) in [5.41, 5.74) is 5.27. The third-order valence-electron chi connectivity index (χ3n) is 2.20. The van der Waals surface area contributed by atoms with Gasteiger partial charge in [-0.2, -0.15) is 0 Å². The van der Waals surface area contributed by atoms with Gasteiger partial charge in [0.15, 0.2) is 0 Å². The molecular formula is C10H21NO. The van der Waals surface area contributed by atoms with Crippen LogP contribution in [0.5, 0.6) is 0 Å². The zero-order valence-corrected chi connectivity index (χ0v) is 8.31. The molecule has 0 unspecified atom stereocenters. The van der Waals surface area contributed by atoms with Gasteiger partial charge in [0.25, 0.3) is 0 Å². The minimum Gasteiger partial charge on any atom is -0.369 e. The molecular weight excluding hydrogens is 150 g/mol. The van der Waals surface area contributed by atoms with Gasteiger partial charge in [0.1, 0.15) is 0 Å². The summed E-state index contributed by atoms with van der Waals surface area (Å²) in [4.78, 5) is 10.9. The van der Waals surface area contributed by atoms with Gasteiger partial charge in [-0.05, 0) is 12.8 Å². The Kier molecular flexibility index (Phi) is 6.82. The van der Waals surface area contributed by atoms with Crippen molar-refractivity contribution < 1.29 is 4.79 Å². The van der Waals surface area contributed by atoms with Crippen LogP contribution in [0, 0.1) is 5.92 Å². The zero-order chi connectivity index (χ0) is 9.40. The number of carbonyl (C=O) groups is 1. The molecule has 0 fully saturated rings. The van der Waals surface area contributed by atoms with Gasteiger partial charge in [0.2, 0.25) is 5.91 Å². The van der Waals surface area contributed by atoms with E-state index in [2.05, 4.69) is 13.8 Å². The number of primary amides is 1. The summed E-state index contributed by atoms with van der Waals surface area (Å²) in [6, 6.07) is 0. The molecule has 72 valence electrons. The van der Waals surface area contributed by atoms with Gasteiger partial charge in [-0.1, -0.05) is 39.5 Å². The molecule has 0 aromatic rings. The Labute approximate surface area is 75.5 Å². The highest BCUT2D eigenvalue weighted by molar-refractivity contribution is 5.76. The van der Waals surface area contributed by atoms with E-state index in [9.17, 15) is 4.79 Å². The molecule has 0 saturated heterocycles. The molecule has 0 aliphatic carbocycles. The van der Waals surface area contributed by atoms with E-state index in [0.29, 0.717) is 0 Å². The van der Waals surface area contributed by atoms with Gasteiger partial charge in [0, 0.05) is 5.92 Å². The molecule has 0 heterocycles. The number of hydrogen-bond donors (Lipinski definition) is 1. The number of unbranched alkanes of at least 4 members (excludes halogenated alkanes) is 2. The van der Waals surface area contributed by atoms with E-state index < -0.39 is 0 Å². The molecule has 2 nitrogen and oxygen atoms in total. The first-order valence-electron chi connectivity index (χ1n) is 5.01. The molecule has 1 atom stereocenters. The number of amides is 1. The second-order valence-electron chi connectivity index (χ2n) is 3.38. The molecule has 2 heteroatoms. The lowest BCUT2D eigenvalue weighted by Gasteiger charge is -2.10. The summed E-state index contributed by atoms with van der Waals surface area (Å²) >= 11 is 0. The van der Waals surface area contributed by atoms with Gasteiger partial charge in [-0.3, -0.25) is 4.79 Å². The molecule has 12 heavy (non-hydrogen) atoms. The Bertz CT molecular complexity index is 123. The minimum atomic E-state index is -0.118. The molecule has 0 bridgehead atoms. The van der Waals surface area contributed by atoms with Gasteiger partial charge >= 0.3 is 0 Å².